The number of nitrogens with two attached hydrogens (primary N) is 1. The van der Waals surface area contributed by atoms with Crippen molar-refractivity contribution < 1.29 is 9.52 Å². The summed E-state index contributed by atoms with van der Waals surface area (Å²) in [5.74, 6) is -0.183. The average Bonchev–Trinajstić information content (AvgIpc) is 2.36. The number of fused-ring (bicyclic) bond motifs is 1. The number of thiocarbonyl (C=S) groups is 1. The van der Waals surface area contributed by atoms with E-state index in [1.807, 2.05) is 0 Å². The third-order valence-electron chi connectivity index (χ3n) is 2.48. The number of nitrogens with zero attached hydrogens (tertiary/aromatic N) is 1. The van der Waals surface area contributed by atoms with Gasteiger partial charge in [0.2, 0.25) is 0 Å². The predicted molar refractivity (Wildman–Crippen MR) is 76.3 cm³/mol. The van der Waals surface area contributed by atoms with Crippen LogP contribution in [-0.4, -0.2) is 15.9 Å². The number of hydrogen-bond donors (Lipinski definition) is 3. The van der Waals surface area contributed by atoms with E-state index in [1.54, 1.807) is 24.3 Å². The molecular formula is C12H11N3O3S. The minimum atomic E-state index is -0.679. The number of nitrogens with one attached hydrogen (secondary N) is 1. The molecule has 4 N–H and O–H groups in total. The van der Waals surface area contributed by atoms with Crippen molar-refractivity contribution in [3.63, 3.8) is 0 Å². The van der Waals surface area contributed by atoms with Crippen molar-refractivity contribution in [2.75, 3.05) is 0 Å². The number of hydrazone groups is 1. The van der Waals surface area contributed by atoms with Crippen molar-refractivity contribution in [2.45, 2.75) is 6.92 Å². The average molecular weight is 277 g/mol. The van der Waals surface area contributed by atoms with Crippen LogP contribution in [-0.2, 0) is 0 Å². The van der Waals surface area contributed by atoms with Gasteiger partial charge in [-0.1, -0.05) is 12.1 Å². The van der Waals surface area contributed by atoms with Gasteiger partial charge in [0.25, 0.3) is 0 Å². The van der Waals surface area contributed by atoms with Crippen molar-refractivity contribution in [1.82, 2.24) is 5.43 Å². The summed E-state index contributed by atoms with van der Waals surface area (Å²) in [4.78, 5) is 11.8. The van der Waals surface area contributed by atoms with Gasteiger partial charge in [-0.25, -0.2) is 4.79 Å². The molecule has 0 bridgehead atoms. The molecule has 0 amide bonds. The molecule has 0 aliphatic heterocycles. The quantitative estimate of drug-likeness (QED) is 0.328. The molecule has 1 aromatic carbocycles. The molecule has 2 aromatic rings. The first kappa shape index (κ1) is 13.0. The van der Waals surface area contributed by atoms with E-state index in [-0.39, 0.29) is 22.1 Å². The molecule has 1 aromatic heterocycles. The zero-order chi connectivity index (χ0) is 14.0. The van der Waals surface area contributed by atoms with E-state index in [0.717, 1.165) is 0 Å². The molecule has 0 fully saturated rings. The van der Waals surface area contributed by atoms with Crippen LogP contribution in [0.2, 0.25) is 0 Å². The number of aromatic hydroxyl groups is 1. The summed E-state index contributed by atoms with van der Waals surface area (Å²) in [6.45, 7) is 1.53. The Hall–Kier alpha value is -2.41. The smallest absolute Gasteiger partial charge is 0.349 e. The van der Waals surface area contributed by atoms with Gasteiger partial charge in [0, 0.05) is 0 Å². The Morgan fingerprint density at radius 1 is 1.47 bits per heavy atom. The second-order valence-corrected chi connectivity index (χ2v) is 4.22. The first-order valence-corrected chi connectivity index (χ1v) is 5.76. The molecular weight excluding hydrogens is 266 g/mol. The highest BCUT2D eigenvalue weighted by Gasteiger charge is 2.16. The summed E-state index contributed by atoms with van der Waals surface area (Å²) in [6, 6.07) is 6.68. The van der Waals surface area contributed by atoms with Crippen LogP contribution in [0.25, 0.3) is 11.0 Å². The van der Waals surface area contributed by atoms with Crippen LogP contribution in [0.4, 0.5) is 0 Å². The van der Waals surface area contributed by atoms with Crippen molar-refractivity contribution in [2.24, 2.45) is 10.8 Å². The molecule has 0 aliphatic rings. The van der Waals surface area contributed by atoms with Crippen molar-refractivity contribution in [1.29, 1.82) is 0 Å². The molecule has 98 valence electrons. The van der Waals surface area contributed by atoms with Crippen LogP contribution in [0, 0.1) is 0 Å². The molecule has 19 heavy (non-hydrogen) atoms. The molecule has 2 rings (SSSR count). The Labute approximate surface area is 113 Å². The van der Waals surface area contributed by atoms with Crippen LogP contribution in [0.5, 0.6) is 5.75 Å². The lowest BCUT2D eigenvalue weighted by Crippen LogP contribution is -2.26. The van der Waals surface area contributed by atoms with Crippen LogP contribution >= 0.6 is 12.2 Å². The maximum absolute atomic E-state index is 11.8. The lowest BCUT2D eigenvalue weighted by Gasteiger charge is -2.06. The fourth-order valence-corrected chi connectivity index (χ4v) is 1.69. The summed E-state index contributed by atoms with van der Waals surface area (Å²) >= 11 is 4.60. The molecule has 6 nitrogen and oxygen atoms in total. The molecule has 0 saturated carbocycles. The van der Waals surface area contributed by atoms with Gasteiger partial charge in [-0.05, 0) is 31.3 Å². The van der Waals surface area contributed by atoms with Gasteiger partial charge in [-0.3, -0.25) is 5.43 Å². The van der Waals surface area contributed by atoms with Crippen LogP contribution < -0.4 is 16.8 Å². The molecule has 0 aliphatic carbocycles. The minimum Gasteiger partial charge on any atom is -0.506 e. The summed E-state index contributed by atoms with van der Waals surface area (Å²) in [5, 5.41) is 14.3. The molecule has 0 atom stereocenters. The predicted octanol–water partition coefficient (Wildman–Crippen LogP) is 1.06. The van der Waals surface area contributed by atoms with Crippen molar-refractivity contribution >= 4 is 34.0 Å². The van der Waals surface area contributed by atoms with Gasteiger partial charge in [0.05, 0.1) is 11.1 Å². The van der Waals surface area contributed by atoms with E-state index in [4.69, 9.17) is 10.2 Å². The maximum atomic E-state index is 11.8. The third-order valence-corrected chi connectivity index (χ3v) is 2.57. The highest BCUT2D eigenvalue weighted by atomic mass is 32.1. The Balaban J connectivity index is 2.64. The summed E-state index contributed by atoms with van der Waals surface area (Å²) in [7, 11) is 0. The number of para-hydroxylation sites is 1. The molecule has 0 unspecified atom stereocenters. The van der Waals surface area contributed by atoms with E-state index in [0.29, 0.717) is 11.0 Å². The monoisotopic (exact) mass is 277 g/mol. The lowest BCUT2D eigenvalue weighted by atomic mass is 10.1. The Kier molecular flexibility index (Phi) is 3.48. The first-order valence-electron chi connectivity index (χ1n) is 5.35. The van der Waals surface area contributed by atoms with E-state index in [1.165, 1.54) is 6.92 Å². The van der Waals surface area contributed by atoms with E-state index < -0.39 is 5.63 Å². The van der Waals surface area contributed by atoms with Gasteiger partial charge in [0.15, 0.2) is 5.11 Å². The second kappa shape index (κ2) is 5.07. The number of hydrogen-bond acceptors (Lipinski definition) is 5. The molecule has 1 heterocycles. The summed E-state index contributed by atoms with van der Waals surface area (Å²) in [5.41, 5.74) is 7.42. The normalized spacial score (nSPS) is 11.5. The van der Waals surface area contributed by atoms with Crippen LogP contribution in [0.15, 0.2) is 38.6 Å². The van der Waals surface area contributed by atoms with Crippen molar-refractivity contribution in [3.8, 4) is 5.75 Å². The SMILES string of the molecule is C/C(=N/NC(N)=S)c1c(O)c2ccccc2oc1=O. The zero-order valence-corrected chi connectivity index (χ0v) is 10.8. The fourth-order valence-electron chi connectivity index (χ4n) is 1.65. The fraction of sp³-hybridized carbons (Fsp3) is 0.0833. The molecule has 0 radical (unpaired) electrons. The van der Waals surface area contributed by atoms with E-state index in [9.17, 15) is 9.90 Å². The van der Waals surface area contributed by atoms with Gasteiger partial charge < -0.3 is 15.3 Å². The minimum absolute atomic E-state index is 0.0255. The topological polar surface area (TPSA) is 101 Å². The number of benzene rings is 1. The number of rotatable bonds is 2. The Bertz CT molecular complexity index is 737. The van der Waals surface area contributed by atoms with Gasteiger partial charge in [-0.15, -0.1) is 0 Å². The standard InChI is InChI=1S/C12H11N3O3S/c1-6(14-15-12(13)19)9-10(16)7-4-2-3-5-8(7)18-11(9)17/h2-5,16H,1H3,(H3,13,15,19)/b14-6-. The summed E-state index contributed by atoms with van der Waals surface area (Å²) < 4.78 is 5.11. The summed E-state index contributed by atoms with van der Waals surface area (Å²) in [6.07, 6.45) is 0. The van der Waals surface area contributed by atoms with Gasteiger partial charge in [-0.2, -0.15) is 5.10 Å². The lowest BCUT2D eigenvalue weighted by molar-refractivity contribution is 0.466. The highest BCUT2D eigenvalue weighted by Crippen LogP contribution is 2.26. The van der Waals surface area contributed by atoms with Gasteiger partial charge >= 0.3 is 5.63 Å². The maximum Gasteiger partial charge on any atom is 0.349 e. The van der Waals surface area contributed by atoms with Gasteiger partial charge in [0.1, 0.15) is 16.9 Å². The molecule has 0 saturated heterocycles. The van der Waals surface area contributed by atoms with Crippen molar-refractivity contribution in [3.05, 3.63) is 40.2 Å². The van der Waals surface area contributed by atoms with E-state index in [2.05, 4.69) is 22.7 Å². The molecule has 0 spiro atoms. The Morgan fingerprint density at radius 3 is 2.84 bits per heavy atom. The Morgan fingerprint density at radius 2 is 2.16 bits per heavy atom. The zero-order valence-electron chi connectivity index (χ0n) is 10.0. The van der Waals surface area contributed by atoms with Crippen LogP contribution in [0.3, 0.4) is 0 Å². The third kappa shape index (κ3) is 2.55. The largest absolute Gasteiger partial charge is 0.506 e. The van der Waals surface area contributed by atoms with E-state index >= 15 is 0 Å². The second-order valence-electron chi connectivity index (χ2n) is 3.78. The highest BCUT2D eigenvalue weighted by molar-refractivity contribution is 7.80. The van der Waals surface area contributed by atoms with Crippen LogP contribution in [0.1, 0.15) is 12.5 Å². The molecule has 7 heteroatoms. The first-order chi connectivity index (χ1) is 9.00.